The molecular formula is C23H30S5. The Balaban J connectivity index is 1.82. The number of allylic oxidation sites excluding steroid dienone is 2. The van der Waals surface area contributed by atoms with E-state index in [9.17, 15) is 0 Å². The fourth-order valence-corrected chi connectivity index (χ4v) is 11.1. The fourth-order valence-electron chi connectivity index (χ4n) is 4.19. The number of unbranched alkanes of at least 4 members (excludes halogenated alkanes) is 1. The summed E-state index contributed by atoms with van der Waals surface area (Å²) in [7, 11) is 0. The molecular weight excluding hydrogens is 437 g/mol. The highest BCUT2D eigenvalue weighted by Crippen LogP contribution is 2.57. The third-order valence-corrected chi connectivity index (χ3v) is 12.1. The molecule has 4 rings (SSSR count). The summed E-state index contributed by atoms with van der Waals surface area (Å²) in [5.74, 6) is 3.58. The van der Waals surface area contributed by atoms with E-state index in [1.54, 1.807) is 40.5 Å². The maximum Gasteiger partial charge on any atom is 0.0563 e. The van der Waals surface area contributed by atoms with Crippen LogP contribution in [0.4, 0.5) is 0 Å². The number of hydrogen-bond acceptors (Lipinski definition) is 5. The van der Waals surface area contributed by atoms with Crippen LogP contribution >= 0.6 is 58.4 Å². The standard InChI is InChI=1S/C23H30S5/c1-4-5-11-17-15(2)14-27-19(17)23-21-20(25-12-13-26-21)22(28-23)18(24-3)16-9-7-6-8-10-16/h2,4-14H2,1,3H3. The Kier molecular flexibility index (Phi) is 7.76. The van der Waals surface area contributed by atoms with Crippen LogP contribution in [-0.4, -0.2) is 23.5 Å². The summed E-state index contributed by atoms with van der Waals surface area (Å²) in [5.41, 5.74) is 4.67. The average Bonchev–Trinajstić information content (AvgIpc) is 3.29. The highest BCUT2D eigenvalue weighted by atomic mass is 32.2. The largest absolute Gasteiger partial charge is 0.132 e. The molecule has 0 spiro atoms. The normalized spacial score (nSPS) is 20.1. The Morgan fingerprint density at radius 3 is 2.50 bits per heavy atom. The van der Waals surface area contributed by atoms with Gasteiger partial charge in [0.1, 0.15) is 0 Å². The Morgan fingerprint density at radius 2 is 1.79 bits per heavy atom. The van der Waals surface area contributed by atoms with Gasteiger partial charge in [-0.05, 0) is 55.9 Å². The SMILES string of the molecule is C=C1CSC(c2sc(C(SC)=C3CCCCC3)c3c2SCCS3)=C1CCCC. The van der Waals surface area contributed by atoms with E-state index in [-0.39, 0.29) is 0 Å². The highest BCUT2D eigenvalue weighted by molar-refractivity contribution is 8.10. The molecule has 1 aliphatic carbocycles. The lowest BCUT2D eigenvalue weighted by Crippen LogP contribution is -1.98. The maximum absolute atomic E-state index is 4.41. The van der Waals surface area contributed by atoms with Crippen molar-refractivity contribution in [3.05, 3.63) is 33.1 Å². The lowest BCUT2D eigenvalue weighted by molar-refractivity contribution is 0.602. The first-order valence-electron chi connectivity index (χ1n) is 10.5. The van der Waals surface area contributed by atoms with Gasteiger partial charge < -0.3 is 0 Å². The van der Waals surface area contributed by atoms with E-state index in [0.717, 1.165) is 5.75 Å². The van der Waals surface area contributed by atoms with Crippen LogP contribution in [-0.2, 0) is 0 Å². The van der Waals surface area contributed by atoms with Gasteiger partial charge in [0.25, 0.3) is 0 Å². The first-order valence-corrected chi connectivity index (χ1v) is 15.5. The second kappa shape index (κ2) is 10.1. The van der Waals surface area contributed by atoms with Crippen molar-refractivity contribution < 1.29 is 0 Å². The molecule has 0 aromatic carbocycles. The number of thiophene rings is 1. The molecule has 28 heavy (non-hydrogen) atoms. The minimum absolute atomic E-state index is 1.09. The quantitative estimate of drug-likeness (QED) is 0.409. The van der Waals surface area contributed by atoms with Gasteiger partial charge in [-0.1, -0.05) is 31.9 Å². The predicted octanol–water partition coefficient (Wildman–Crippen LogP) is 9.19. The van der Waals surface area contributed by atoms with Crippen LogP contribution in [0.5, 0.6) is 0 Å². The van der Waals surface area contributed by atoms with Crippen LogP contribution in [0, 0.1) is 0 Å². The zero-order valence-electron chi connectivity index (χ0n) is 17.0. The molecule has 0 bridgehead atoms. The number of thioether (sulfide) groups is 4. The van der Waals surface area contributed by atoms with Gasteiger partial charge in [0.2, 0.25) is 0 Å². The van der Waals surface area contributed by atoms with E-state index in [2.05, 4.69) is 54.6 Å². The highest BCUT2D eigenvalue weighted by Gasteiger charge is 2.30. The van der Waals surface area contributed by atoms with Gasteiger partial charge in [0.15, 0.2) is 0 Å². The van der Waals surface area contributed by atoms with Crippen LogP contribution in [0.25, 0.3) is 9.81 Å². The van der Waals surface area contributed by atoms with Crippen LogP contribution in [0.3, 0.4) is 0 Å². The lowest BCUT2D eigenvalue weighted by Gasteiger charge is -2.19. The topological polar surface area (TPSA) is 0 Å². The lowest BCUT2D eigenvalue weighted by atomic mass is 9.94. The third-order valence-electron chi connectivity index (χ3n) is 5.67. The van der Waals surface area contributed by atoms with Gasteiger partial charge >= 0.3 is 0 Å². The summed E-state index contributed by atoms with van der Waals surface area (Å²) in [6.45, 7) is 6.70. The van der Waals surface area contributed by atoms with E-state index >= 15 is 0 Å². The molecule has 1 fully saturated rings. The molecule has 1 aromatic heterocycles. The van der Waals surface area contributed by atoms with Crippen molar-refractivity contribution in [2.45, 2.75) is 68.1 Å². The molecule has 5 heteroatoms. The van der Waals surface area contributed by atoms with Gasteiger partial charge in [0, 0.05) is 36.9 Å². The monoisotopic (exact) mass is 466 g/mol. The average molecular weight is 467 g/mol. The molecule has 0 N–H and O–H groups in total. The van der Waals surface area contributed by atoms with Crippen molar-refractivity contribution in [2.24, 2.45) is 0 Å². The second-order valence-corrected chi connectivity index (χ2v) is 12.6. The smallest absolute Gasteiger partial charge is 0.0563 e. The summed E-state index contributed by atoms with van der Waals surface area (Å²) < 4.78 is 0. The molecule has 1 saturated carbocycles. The van der Waals surface area contributed by atoms with E-state index in [0.29, 0.717) is 0 Å². The van der Waals surface area contributed by atoms with Crippen molar-refractivity contribution >= 4 is 68.2 Å². The maximum atomic E-state index is 4.41. The zero-order valence-corrected chi connectivity index (χ0v) is 21.1. The molecule has 0 unspecified atom stereocenters. The summed E-state index contributed by atoms with van der Waals surface area (Å²) in [6.07, 6.45) is 12.8. The van der Waals surface area contributed by atoms with Gasteiger partial charge in [-0.15, -0.1) is 58.4 Å². The predicted molar refractivity (Wildman–Crippen MR) is 137 cm³/mol. The molecule has 0 radical (unpaired) electrons. The molecule has 0 atom stereocenters. The summed E-state index contributed by atoms with van der Waals surface area (Å²) >= 11 is 10.4. The molecule has 152 valence electrons. The number of fused-ring (bicyclic) bond motifs is 1. The number of rotatable bonds is 6. The van der Waals surface area contributed by atoms with E-state index in [4.69, 9.17) is 0 Å². The van der Waals surface area contributed by atoms with Crippen LogP contribution < -0.4 is 0 Å². The first-order chi connectivity index (χ1) is 13.7. The zero-order chi connectivity index (χ0) is 19.5. The van der Waals surface area contributed by atoms with Gasteiger partial charge in [0.05, 0.1) is 9.75 Å². The van der Waals surface area contributed by atoms with E-state index in [1.165, 1.54) is 68.4 Å². The van der Waals surface area contributed by atoms with Crippen molar-refractivity contribution in [3.8, 4) is 0 Å². The first kappa shape index (κ1) is 21.5. The molecule has 3 heterocycles. The minimum Gasteiger partial charge on any atom is -0.132 e. The van der Waals surface area contributed by atoms with Crippen LogP contribution in [0.2, 0.25) is 0 Å². The Labute approximate surface area is 191 Å². The van der Waals surface area contributed by atoms with E-state index in [1.807, 2.05) is 23.5 Å². The van der Waals surface area contributed by atoms with Crippen molar-refractivity contribution in [2.75, 3.05) is 23.5 Å². The molecule has 0 saturated heterocycles. The summed E-state index contributed by atoms with van der Waals surface area (Å²) in [5, 5.41) is 0. The minimum atomic E-state index is 1.09. The van der Waals surface area contributed by atoms with Crippen LogP contribution in [0.1, 0.15) is 68.0 Å². The van der Waals surface area contributed by atoms with Gasteiger partial charge in [-0.2, -0.15) is 0 Å². The van der Waals surface area contributed by atoms with Crippen molar-refractivity contribution in [1.29, 1.82) is 0 Å². The Bertz CT molecular complexity index is 803. The molecule has 3 aliphatic rings. The fraction of sp³-hybridized carbons (Fsp3) is 0.565. The second-order valence-electron chi connectivity index (χ2n) is 7.62. The van der Waals surface area contributed by atoms with Gasteiger partial charge in [-0.3, -0.25) is 0 Å². The molecule has 1 aromatic rings. The molecule has 0 nitrogen and oxygen atoms in total. The molecule has 2 aliphatic heterocycles. The summed E-state index contributed by atoms with van der Waals surface area (Å²) in [4.78, 5) is 9.52. The summed E-state index contributed by atoms with van der Waals surface area (Å²) in [6, 6.07) is 0. The van der Waals surface area contributed by atoms with Crippen molar-refractivity contribution in [3.63, 3.8) is 0 Å². The third kappa shape index (κ3) is 4.34. The van der Waals surface area contributed by atoms with E-state index < -0.39 is 0 Å². The van der Waals surface area contributed by atoms with Crippen molar-refractivity contribution in [1.82, 2.24) is 0 Å². The Morgan fingerprint density at radius 1 is 1.04 bits per heavy atom. The molecule has 0 amide bonds. The van der Waals surface area contributed by atoms with Crippen LogP contribution in [0.15, 0.2) is 33.1 Å². The van der Waals surface area contributed by atoms with Gasteiger partial charge in [-0.25, -0.2) is 0 Å². The number of hydrogen-bond donors (Lipinski definition) is 0. The Hall–Kier alpha value is 0.320.